The van der Waals surface area contributed by atoms with E-state index in [-0.39, 0.29) is 5.56 Å². The maximum atomic E-state index is 11.8. The van der Waals surface area contributed by atoms with Gasteiger partial charge in [0.1, 0.15) is 5.82 Å². The molecule has 0 unspecified atom stereocenters. The van der Waals surface area contributed by atoms with Crippen LogP contribution in [0.4, 0.5) is 5.82 Å². The van der Waals surface area contributed by atoms with Gasteiger partial charge in [0.2, 0.25) is 0 Å². The zero-order valence-electron chi connectivity index (χ0n) is 16.2. The highest BCUT2D eigenvalue weighted by Crippen LogP contribution is 2.28. The topological polar surface area (TPSA) is 71.6 Å². The predicted octanol–water partition coefficient (Wildman–Crippen LogP) is 1.41. The largest absolute Gasteiger partial charge is 0.355 e. The highest BCUT2D eigenvalue weighted by atomic mass is 16.1. The first kappa shape index (κ1) is 17.4. The number of anilines is 1. The second-order valence-electron chi connectivity index (χ2n) is 7.89. The standard InChI is InChI=1S/C20H25N7O/c1-24-10-5-15(13-19(24)28)14-25-11-6-16(7-12-25)20-22-21-17-3-4-18(23-27(17)20)26-8-2-9-26/h3-5,10,13,16H,2,6-9,11-12,14H2,1H3. The quantitative estimate of drug-likeness (QED) is 0.683. The summed E-state index contributed by atoms with van der Waals surface area (Å²) in [5.41, 5.74) is 1.95. The summed E-state index contributed by atoms with van der Waals surface area (Å²) in [6.45, 7) is 4.95. The van der Waals surface area contributed by atoms with Gasteiger partial charge in [0.25, 0.3) is 5.56 Å². The van der Waals surface area contributed by atoms with E-state index in [1.807, 2.05) is 28.9 Å². The lowest BCUT2D eigenvalue weighted by atomic mass is 9.96. The fourth-order valence-electron chi connectivity index (χ4n) is 4.06. The molecule has 8 nitrogen and oxygen atoms in total. The summed E-state index contributed by atoms with van der Waals surface area (Å²) in [5, 5.41) is 13.6. The first-order valence-electron chi connectivity index (χ1n) is 10.0. The lowest BCUT2D eigenvalue weighted by Gasteiger charge is -2.32. The zero-order chi connectivity index (χ0) is 19.1. The van der Waals surface area contributed by atoms with Crippen molar-refractivity contribution in [2.75, 3.05) is 31.1 Å². The van der Waals surface area contributed by atoms with Crippen molar-refractivity contribution in [3.63, 3.8) is 0 Å². The molecule has 0 spiro atoms. The van der Waals surface area contributed by atoms with Gasteiger partial charge in [-0.1, -0.05) is 0 Å². The Labute approximate surface area is 163 Å². The molecule has 146 valence electrons. The third kappa shape index (κ3) is 3.17. The van der Waals surface area contributed by atoms with Gasteiger partial charge < -0.3 is 9.47 Å². The number of aromatic nitrogens is 5. The van der Waals surface area contributed by atoms with E-state index in [2.05, 4.69) is 20.0 Å². The number of aryl methyl sites for hydroxylation is 1. The zero-order valence-corrected chi connectivity index (χ0v) is 16.2. The van der Waals surface area contributed by atoms with Gasteiger partial charge in [0, 0.05) is 44.9 Å². The van der Waals surface area contributed by atoms with Crippen LogP contribution in [0.15, 0.2) is 35.3 Å². The molecule has 8 heteroatoms. The van der Waals surface area contributed by atoms with E-state index in [1.165, 1.54) is 6.42 Å². The normalized spacial score (nSPS) is 18.5. The summed E-state index contributed by atoms with van der Waals surface area (Å²) < 4.78 is 3.54. The second kappa shape index (κ2) is 7.01. The van der Waals surface area contributed by atoms with Crippen molar-refractivity contribution in [1.82, 2.24) is 29.3 Å². The number of hydrogen-bond donors (Lipinski definition) is 0. The highest BCUT2D eigenvalue weighted by molar-refractivity contribution is 5.47. The van der Waals surface area contributed by atoms with E-state index < -0.39 is 0 Å². The van der Waals surface area contributed by atoms with Gasteiger partial charge >= 0.3 is 0 Å². The average Bonchev–Trinajstić information content (AvgIpc) is 3.07. The summed E-state index contributed by atoms with van der Waals surface area (Å²) >= 11 is 0. The lowest BCUT2D eigenvalue weighted by molar-refractivity contribution is 0.200. The number of piperidine rings is 1. The molecule has 0 bridgehead atoms. The third-order valence-electron chi connectivity index (χ3n) is 5.98. The van der Waals surface area contributed by atoms with Crippen molar-refractivity contribution in [2.45, 2.75) is 31.7 Å². The van der Waals surface area contributed by atoms with Crippen molar-refractivity contribution in [1.29, 1.82) is 0 Å². The molecule has 2 aliphatic rings. The minimum atomic E-state index is 0.0476. The maximum absolute atomic E-state index is 11.8. The van der Waals surface area contributed by atoms with Gasteiger partial charge in [-0.15, -0.1) is 15.3 Å². The molecule has 5 heterocycles. The van der Waals surface area contributed by atoms with Crippen LogP contribution in [0.2, 0.25) is 0 Å². The highest BCUT2D eigenvalue weighted by Gasteiger charge is 2.26. The number of pyridine rings is 1. The Hall–Kier alpha value is -2.74. The van der Waals surface area contributed by atoms with Crippen molar-refractivity contribution in [3.8, 4) is 0 Å². The van der Waals surface area contributed by atoms with Gasteiger partial charge in [-0.25, -0.2) is 0 Å². The van der Waals surface area contributed by atoms with Crippen LogP contribution in [0.25, 0.3) is 5.65 Å². The Morgan fingerprint density at radius 3 is 2.61 bits per heavy atom. The average molecular weight is 379 g/mol. The van der Waals surface area contributed by atoms with Crippen LogP contribution in [0, 0.1) is 0 Å². The van der Waals surface area contributed by atoms with Gasteiger partial charge in [0.05, 0.1) is 0 Å². The number of fused-ring (bicyclic) bond motifs is 1. The van der Waals surface area contributed by atoms with Crippen molar-refractivity contribution in [3.05, 3.63) is 52.2 Å². The molecule has 0 radical (unpaired) electrons. The summed E-state index contributed by atoms with van der Waals surface area (Å²) in [5.74, 6) is 2.36. The molecule has 2 aliphatic heterocycles. The minimum absolute atomic E-state index is 0.0476. The van der Waals surface area contributed by atoms with E-state index in [4.69, 9.17) is 5.10 Å². The van der Waals surface area contributed by atoms with Crippen LogP contribution in [-0.4, -0.2) is 55.5 Å². The molecule has 3 aromatic rings. The summed E-state index contributed by atoms with van der Waals surface area (Å²) in [4.78, 5) is 16.5. The van der Waals surface area contributed by atoms with E-state index in [0.717, 1.165) is 68.4 Å². The molecule has 3 aromatic heterocycles. The van der Waals surface area contributed by atoms with E-state index in [9.17, 15) is 4.79 Å². The Morgan fingerprint density at radius 1 is 1.07 bits per heavy atom. The van der Waals surface area contributed by atoms with E-state index >= 15 is 0 Å². The van der Waals surface area contributed by atoms with E-state index in [1.54, 1.807) is 17.7 Å². The maximum Gasteiger partial charge on any atom is 0.250 e. The van der Waals surface area contributed by atoms with Gasteiger partial charge in [0.15, 0.2) is 11.5 Å². The molecule has 2 fully saturated rings. The molecule has 0 amide bonds. The van der Waals surface area contributed by atoms with Gasteiger partial charge in [-0.3, -0.25) is 9.69 Å². The van der Waals surface area contributed by atoms with Crippen LogP contribution >= 0.6 is 0 Å². The molecular weight excluding hydrogens is 354 g/mol. The molecule has 0 aliphatic carbocycles. The van der Waals surface area contributed by atoms with E-state index in [0.29, 0.717) is 5.92 Å². The number of rotatable bonds is 4. The first-order valence-corrected chi connectivity index (χ1v) is 10.0. The monoisotopic (exact) mass is 379 g/mol. The summed E-state index contributed by atoms with van der Waals surface area (Å²) in [6, 6.07) is 7.82. The van der Waals surface area contributed by atoms with Crippen LogP contribution in [-0.2, 0) is 13.6 Å². The summed E-state index contributed by atoms with van der Waals surface area (Å²) in [6.07, 6.45) is 5.14. The van der Waals surface area contributed by atoms with Crippen molar-refractivity contribution < 1.29 is 0 Å². The van der Waals surface area contributed by atoms with Gasteiger partial charge in [-0.05, 0) is 56.1 Å². The predicted molar refractivity (Wildman–Crippen MR) is 107 cm³/mol. The number of nitrogens with zero attached hydrogens (tertiary/aromatic N) is 7. The molecular formula is C20H25N7O. The first-order chi connectivity index (χ1) is 13.7. The van der Waals surface area contributed by atoms with Crippen LogP contribution in [0.3, 0.4) is 0 Å². The molecule has 5 rings (SSSR count). The fraction of sp³-hybridized carbons (Fsp3) is 0.500. The van der Waals surface area contributed by atoms with Crippen LogP contribution in [0.1, 0.15) is 36.6 Å². The third-order valence-corrected chi connectivity index (χ3v) is 5.98. The number of hydrogen-bond acceptors (Lipinski definition) is 6. The minimum Gasteiger partial charge on any atom is -0.355 e. The van der Waals surface area contributed by atoms with Crippen LogP contribution < -0.4 is 10.5 Å². The van der Waals surface area contributed by atoms with Gasteiger partial charge in [-0.2, -0.15) is 4.52 Å². The molecule has 0 N–H and O–H groups in total. The Kier molecular flexibility index (Phi) is 4.35. The number of likely N-dealkylation sites (tertiary alicyclic amines) is 1. The summed E-state index contributed by atoms with van der Waals surface area (Å²) in [7, 11) is 1.78. The fourth-order valence-corrected chi connectivity index (χ4v) is 4.06. The lowest BCUT2D eigenvalue weighted by Crippen LogP contribution is -2.38. The van der Waals surface area contributed by atoms with Crippen molar-refractivity contribution >= 4 is 11.5 Å². The Balaban J connectivity index is 1.28. The SMILES string of the molecule is Cn1ccc(CN2CCC(c3nnc4ccc(N5CCC5)nn34)CC2)cc1=O. The smallest absolute Gasteiger partial charge is 0.250 e. The molecule has 0 atom stereocenters. The van der Waals surface area contributed by atoms with Crippen molar-refractivity contribution in [2.24, 2.45) is 7.05 Å². The second-order valence-corrected chi connectivity index (χ2v) is 7.89. The molecule has 2 saturated heterocycles. The van der Waals surface area contributed by atoms with Crippen LogP contribution in [0.5, 0.6) is 0 Å². The Bertz CT molecular complexity index is 1040. The Morgan fingerprint density at radius 2 is 1.89 bits per heavy atom. The molecule has 0 saturated carbocycles. The molecule has 0 aromatic carbocycles. The molecule has 28 heavy (non-hydrogen) atoms.